The molecule has 1 aromatic carbocycles. The summed E-state index contributed by atoms with van der Waals surface area (Å²) in [5.74, 6) is -0.160. The van der Waals surface area contributed by atoms with Crippen molar-refractivity contribution in [1.82, 2.24) is 4.98 Å². The van der Waals surface area contributed by atoms with Gasteiger partial charge in [-0.2, -0.15) is 0 Å². The molecule has 0 saturated heterocycles. The number of aromatic nitrogens is 1. The van der Waals surface area contributed by atoms with Gasteiger partial charge in [-0.1, -0.05) is 0 Å². The summed E-state index contributed by atoms with van der Waals surface area (Å²) >= 11 is 0. The van der Waals surface area contributed by atoms with Gasteiger partial charge < -0.3 is 11.1 Å². The van der Waals surface area contributed by atoms with Crippen LogP contribution in [0.15, 0.2) is 36.5 Å². The molecular weight excluding hydrogens is 252 g/mol. The quantitative estimate of drug-likeness (QED) is 0.589. The van der Waals surface area contributed by atoms with Gasteiger partial charge in [0.1, 0.15) is 0 Å². The molecule has 0 unspecified atom stereocenters. The molecule has 0 atom stereocenters. The summed E-state index contributed by atoms with van der Waals surface area (Å²) in [4.78, 5) is 15.2. The van der Waals surface area contributed by atoms with Crippen LogP contribution < -0.4 is 11.1 Å². The minimum absolute atomic E-state index is 0.160. The van der Waals surface area contributed by atoms with Crippen molar-refractivity contribution in [2.45, 2.75) is 13.8 Å². The van der Waals surface area contributed by atoms with Gasteiger partial charge in [0.25, 0.3) is 0 Å². The van der Waals surface area contributed by atoms with Gasteiger partial charge in [-0.25, -0.2) is 0 Å². The predicted molar refractivity (Wildman–Crippen MR) is 80.1 cm³/mol. The van der Waals surface area contributed by atoms with Crippen LogP contribution in [0, 0.1) is 12.3 Å². The Labute approximate surface area is 117 Å². The van der Waals surface area contributed by atoms with Gasteiger partial charge in [0, 0.05) is 41.3 Å². The number of amides is 1. The molecule has 0 bridgehead atoms. The van der Waals surface area contributed by atoms with Crippen molar-refractivity contribution in [3.8, 4) is 0 Å². The van der Waals surface area contributed by atoms with E-state index in [1.165, 1.54) is 6.92 Å². The van der Waals surface area contributed by atoms with E-state index in [2.05, 4.69) is 10.3 Å². The largest absolute Gasteiger partial charge is 0.398 e. The Kier molecular flexibility index (Phi) is 3.79. The number of anilines is 2. The normalized spacial score (nSPS) is 10.1. The first-order valence-corrected chi connectivity index (χ1v) is 6.16. The number of hydrogen-bond donors (Lipinski definition) is 3. The molecule has 4 N–H and O–H groups in total. The van der Waals surface area contributed by atoms with Gasteiger partial charge in [0.15, 0.2) is 0 Å². The van der Waals surface area contributed by atoms with Gasteiger partial charge in [0.2, 0.25) is 5.91 Å². The summed E-state index contributed by atoms with van der Waals surface area (Å²) in [7, 11) is 0. The van der Waals surface area contributed by atoms with E-state index in [4.69, 9.17) is 11.1 Å². The fraction of sp³-hybridized carbons (Fsp3) is 0.133. The van der Waals surface area contributed by atoms with Crippen LogP contribution in [0.3, 0.4) is 0 Å². The maximum atomic E-state index is 11.1. The number of nitrogens with zero attached hydrogens (tertiary/aromatic N) is 1. The average Bonchev–Trinajstić information content (AvgIpc) is 2.39. The van der Waals surface area contributed by atoms with Gasteiger partial charge in [-0.15, -0.1) is 0 Å². The van der Waals surface area contributed by atoms with Crippen molar-refractivity contribution in [2.24, 2.45) is 0 Å². The Morgan fingerprint density at radius 2 is 2.05 bits per heavy atom. The molecular formula is C15H16N4O. The van der Waals surface area contributed by atoms with E-state index in [0.29, 0.717) is 22.6 Å². The molecule has 5 nitrogen and oxygen atoms in total. The first-order valence-electron chi connectivity index (χ1n) is 6.16. The first kappa shape index (κ1) is 13.7. The lowest BCUT2D eigenvalue weighted by Gasteiger charge is -2.11. The number of carbonyl (C=O) groups is 1. The highest BCUT2D eigenvalue weighted by Gasteiger charge is 2.10. The van der Waals surface area contributed by atoms with E-state index in [-0.39, 0.29) is 5.91 Å². The van der Waals surface area contributed by atoms with E-state index in [1.807, 2.05) is 13.0 Å². The number of rotatable bonds is 3. The van der Waals surface area contributed by atoms with E-state index in [1.54, 1.807) is 30.5 Å². The summed E-state index contributed by atoms with van der Waals surface area (Å²) in [6.45, 7) is 3.31. The lowest BCUT2D eigenvalue weighted by Crippen LogP contribution is -2.10. The molecule has 5 heteroatoms. The number of hydrogen-bond acceptors (Lipinski definition) is 4. The standard InChI is InChI=1S/C15H16N4O/c1-9-7-11(5-6-18-9)15(17)13-8-12(19-10(2)20)3-4-14(13)16/h3-8,17H,16H2,1-2H3,(H,19,20). The Hall–Kier alpha value is -2.69. The van der Waals surface area contributed by atoms with Crippen molar-refractivity contribution < 1.29 is 4.79 Å². The molecule has 0 saturated carbocycles. The fourth-order valence-electron chi connectivity index (χ4n) is 1.91. The molecule has 1 heterocycles. The third-order valence-corrected chi connectivity index (χ3v) is 2.83. The van der Waals surface area contributed by atoms with E-state index < -0.39 is 0 Å². The van der Waals surface area contributed by atoms with Crippen LogP contribution >= 0.6 is 0 Å². The molecule has 2 rings (SSSR count). The molecule has 0 aliphatic carbocycles. The molecule has 1 amide bonds. The lowest BCUT2D eigenvalue weighted by atomic mass is 10.0. The predicted octanol–water partition coefficient (Wildman–Crippen LogP) is 2.35. The summed E-state index contributed by atoms with van der Waals surface area (Å²) in [6, 6.07) is 8.69. The van der Waals surface area contributed by atoms with Crippen LogP contribution in [0.2, 0.25) is 0 Å². The minimum atomic E-state index is -0.160. The van der Waals surface area contributed by atoms with Crippen molar-refractivity contribution in [3.05, 3.63) is 53.3 Å². The van der Waals surface area contributed by atoms with Gasteiger partial charge in [0.05, 0.1) is 5.71 Å². The lowest BCUT2D eigenvalue weighted by molar-refractivity contribution is -0.114. The highest BCUT2D eigenvalue weighted by atomic mass is 16.1. The third kappa shape index (κ3) is 3.00. The average molecular weight is 268 g/mol. The highest BCUT2D eigenvalue weighted by Crippen LogP contribution is 2.21. The Morgan fingerprint density at radius 1 is 1.30 bits per heavy atom. The molecule has 1 aromatic heterocycles. The van der Waals surface area contributed by atoms with Gasteiger partial charge in [-0.3, -0.25) is 15.2 Å². The monoisotopic (exact) mass is 268 g/mol. The van der Waals surface area contributed by atoms with Gasteiger partial charge >= 0.3 is 0 Å². The van der Waals surface area contributed by atoms with Crippen LogP contribution in [-0.2, 0) is 4.79 Å². The number of aryl methyl sites for hydroxylation is 1. The van der Waals surface area contributed by atoms with Crippen LogP contribution in [-0.4, -0.2) is 16.6 Å². The van der Waals surface area contributed by atoms with E-state index in [9.17, 15) is 4.79 Å². The summed E-state index contributed by atoms with van der Waals surface area (Å²) in [5.41, 5.74) is 9.52. The van der Waals surface area contributed by atoms with Gasteiger partial charge in [-0.05, 0) is 37.3 Å². The van der Waals surface area contributed by atoms with Crippen molar-refractivity contribution in [2.75, 3.05) is 11.1 Å². The summed E-state index contributed by atoms with van der Waals surface area (Å²) in [6.07, 6.45) is 1.66. The maximum absolute atomic E-state index is 11.1. The molecule has 0 aliphatic heterocycles. The second-order valence-corrected chi connectivity index (χ2v) is 4.54. The van der Waals surface area contributed by atoms with E-state index >= 15 is 0 Å². The molecule has 102 valence electrons. The molecule has 0 radical (unpaired) electrons. The maximum Gasteiger partial charge on any atom is 0.221 e. The van der Waals surface area contributed by atoms with Crippen molar-refractivity contribution >= 4 is 23.0 Å². The molecule has 2 aromatic rings. The second-order valence-electron chi connectivity index (χ2n) is 4.54. The van der Waals surface area contributed by atoms with E-state index in [0.717, 1.165) is 11.3 Å². The van der Waals surface area contributed by atoms with Crippen LogP contribution in [0.25, 0.3) is 0 Å². The van der Waals surface area contributed by atoms with Crippen LogP contribution in [0.4, 0.5) is 11.4 Å². The smallest absolute Gasteiger partial charge is 0.221 e. The zero-order valence-corrected chi connectivity index (χ0v) is 11.4. The first-order chi connectivity index (χ1) is 9.47. The Bertz CT molecular complexity index is 679. The Balaban J connectivity index is 2.41. The minimum Gasteiger partial charge on any atom is -0.398 e. The fourth-order valence-corrected chi connectivity index (χ4v) is 1.91. The van der Waals surface area contributed by atoms with Crippen LogP contribution in [0.5, 0.6) is 0 Å². The number of benzene rings is 1. The SMILES string of the molecule is CC(=O)Nc1ccc(N)c(C(=N)c2ccnc(C)c2)c1. The zero-order chi connectivity index (χ0) is 14.7. The third-order valence-electron chi connectivity index (χ3n) is 2.83. The molecule has 0 spiro atoms. The van der Waals surface area contributed by atoms with Crippen molar-refractivity contribution in [1.29, 1.82) is 5.41 Å². The highest BCUT2D eigenvalue weighted by molar-refractivity contribution is 6.14. The number of nitrogen functional groups attached to an aromatic ring is 1. The number of pyridine rings is 1. The zero-order valence-electron chi connectivity index (χ0n) is 11.4. The Morgan fingerprint density at radius 3 is 2.70 bits per heavy atom. The molecule has 0 aliphatic rings. The number of carbonyl (C=O) groups excluding carboxylic acids is 1. The summed E-state index contributed by atoms with van der Waals surface area (Å²) < 4.78 is 0. The number of nitrogens with one attached hydrogen (secondary N) is 2. The van der Waals surface area contributed by atoms with Crippen molar-refractivity contribution in [3.63, 3.8) is 0 Å². The molecule has 0 fully saturated rings. The molecule has 20 heavy (non-hydrogen) atoms. The summed E-state index contributed by atoms with van der Waals surface area (Å²) in [5, 5.41) is 11.0. The topological polar surface area (TPSA) is 91.9 Å². The second kappa shape index (κ2) is 5.52. The van der Waals surface area contributed by atoms with Crippen LogP contribution in [0.1, 0.15) is 23.7 Å². The number of nitrogens with two attached hydrogens (primary N) is 1.